The van der Waals surface area contributed by atoms with E-state index in [4.69, 9.17) is 5.11 Å². The lowest BCUT2D eigenvalue weighted by Gasteiger charge is -2.16. The fraction of sp³-hybridized carbons (Fsp3) is 0.700. The zero-order valence-corrected chi connectivity index (χ0v) is 9.16. The van der Waals surface area contributed by atoms with Crippen molar-refractivity contribution in [2.24, 2.45) is 0 Å². The van der Waals surface area contributed by atoms with Crippen LogP contribution in [0.5, 0.6) is 0 Å². The predicted octanol–water partition coefficient (Wildman–Crippen LogP) is -0.365. The number of carboxylic acid groups (broad SMARTS) is 1. The molecule has 0 radical (unpaired) electrons. The van der Waals surface area contributed by atoms with E-state index < -0.39 is 12.0 Å². The van der Waals surface area contributed by atoms with Gasteiger partial charge in [-0.25, -0.2) is 0 Å². The lowest BCUT2D eigenvalue weighted by atomic mass is 10.1. The zero-order chi connectivity index (χ0) is 12.1. The van der Waals surface area contributed by atoms with Crippen LogP contribution in [-0.4, -0.2) is 35.0 Å². The first-order valence-electron chi connectivity index (χ1n) is 5.30. The van der Waals surface area contributed by atoms with Crippen molar-refractivity contribution in [3.63, 3.8) is 0 Å². The molecule has 0 aliphatic carbocycles. The Morgan fingerprint density at radius 2 is 2.31 bits per heavy atom. The molecule has 1 unspecified atom stereocenters. The molecule has 16 heavy (non-hydrogen) atoms. The molecule has 0 aromatic rings. The summed E-state index contributed by atoms with van der Waals surface area (Å²) in [6.07, 6.45) is 1.30. The van der Waals surface area contributed by atoms with Gasteiger partial charge in [-0.3, -0.25) is 14.4 Å². The number of aliphatic carboxylic acids is 1. The van der Waals surface area contributed by atoms with Crippen LogP contribution in [0.4, 0.5) is 0 Å². The molecule has 1 aliphatic rings. The van der Waals surface area contributed by atoms with Gasteiger partial charge in [0.2, 0.25) is 11.8 Å². The number of carbonyl (C=O) groups excluding carboxylic acids is 2. The Morgan fingerprint density at radius 3 is 2.81 bits per heavy atom. The average Bonchev–Trinajstić information content (AvgIpc) is 2.62. The standard InChI is InChI=1S/C10H16N2O4/c1-6(2-5-9(14)15)11-10(16)7-3-4-8(13)12-7/h6-7H,2-5H2,1H3,(H,11,16)(H,12,13)(H,14,15)/t6?,7-/m1/s1. The summed E-state index contributed by atoms with van der Waals surface area (Å²) in [4.78, 5) is 32.8. The van der Waals surface area contributed by atoms with Gasteiger partial charge < -0.3 is 15.7 Å². The first-order chi connectivity index (χ1) is 7.49. The summed E-state index contributed by atoms with van der Waals surface area (Å²) in [6.45, 7) is 1.75. The number of amides is 2. The maximum absolute atomic E-state index is 11.6. The molecule has 1 heterocycles. The van der Waals surface area contributed by atoms with Crippen molar-refractivity contribution in [3.05, 3.63) is 0 Å². The molecule has 1 rings (SSSR count). The Bertz CT molecular complexity index is 303. The van der Waals surface area contributed by atoms with Gasteiger partial charge in [0.1, 0.15) is 6.04 Å². The van der Waals surface area contributed by atoms with Gasteiger partial charge in [-0.1, -0.05) is 0 Å². The molecule has 6 nitrogen and oxygen atoms in total. The molecule has 2 atom stereocenters. The van der Waals surface area contributed by atoms with E-state index in [0.717, 1.165) is 0 Å². The minimum absolute atomic E-state index is 0.0263. The van der Waals surface area contributed by atoms with Crippen molar-refractivity contribution >= 4 is 17.8 Å². The number of carboxylic acids is 1. The molecule has 1 fully saturated rings. The largest absolute Gasteiger partial charge is 0.481 e. The van der Waals surface area contributed by atoms with Crippen LogP contribution in [0, 0.1) is 0 Å². The molecule has 2 amide bonds. The highest BCUT2D eigenvalue weighted by atomic mass is 16.4. The van der Waals surface area contributed by atoms with Crippen LogP contribution >= 0.6 is 0 Å². The SMILES string of the molecule is CC(CCC(=O)O)NC(=O)[C@H]1CCC(=O)N1. The lowest BCUT2D eigenvalue weighted by molar-refractivity contribution is -0.137. The molecule has 0 spiro atoms. The monoisotopic (exact) mass is 228 g/mol. The van der Waals surface area contributed by atoms with Gasteiger partial charge in [0, 0.05) is 18.9 Å². The first-order valence-corrected chi connectivity index (χ1v) is 5.30. The summed E-state index contributed by atoms with van der Waals surface area (Å²) in [5.41, 5.74) is 0. The molecule has 0 bridgehead atoms. The first kappa shape index (κ1) is 12.5. The molecular formula is C10H16N2O4. The Kier molecular flexibility index (Phi) is 4.28. The summed E-state index contributed by atoms with van der Waals surface area (Å²) in [5.74, 6) is -1.22. The van der Waals surface area contributed by atoms with E-state index in [2.05, 4.69) is 10.6 Å². The summed E-state index contributed by atoms with van der Waals surface area (Å²) >= 11 is 0. The van der Waals surface area contributed by atoms with E-state index in [1.807, 2.05) is 0 Å². The second-order valence-electron chi connectivity index (χ2n) is 4.00. The van der Waals surface area contributed by atoms with Crippen molar-refractivity contribution in [2.75, 3.05) is 0 Å². The molecule has 1 saturated heterocycles. The summed E-state index contributed by atoms with van der Waals surface area (Å²) in [5, 5.41) is 13.7. The number of hydrogen-bond donors (Lipinski definition) is 3. The highest BCUT2D eigenvalue weighted by Gasteiger charge is 2.27. The van der Waals surface area contributed by atoms with Crippen LogP contribution in [0.1, 0.15) is 32.6 Å². The van der Waals surface area contributed by atoms with E-state index in [-0.39, 0.29) is 24.3 Å². The summed E-state index contributed by atoms with van der Waals surface area (Å²) in [6, 6.07) is -0.652. The van der Waals surface area contributed by atoms with Crippen LogP contribution in [0.2, 0.25) is 0 Å². The second-order valence-corrected chi connectivity index (χ2v) is 4.00. The molecule has 0 aromatic carbocycles. The third-order valence-electron chi connectivity index (χ3n) is 2.49. The third-order valence-corrected chi connectivity index (χ3v) is 2.49. The zero-order valence-electron chi connectivity index (χ0n) is 9.16. The van der Waals surface area contributed by atoms with Gasteiger partial charge in [-0.05, 0) is 19.8 Å². The average molecular weight is 228 g/mol. The Labute approximate surface area is 93.4 Å². The van der Waals surface area contributed by atoms with E-state index in [1.54, 1.807) is 6.92 Å². The van der Waals surface area contributed by atoms with Crippen LogP contribution in [-0.2, 0) is 14.4 Å². The molecular weight excluding hydrogens is 212 g/mol. The van der Waals surface area contributed by atoms with Gasteiger partial charge in [-0.15, -0.1) is 0 Å². The second kappa shape index (κ2) is 5.48. The fourth-order valence-electron chi connectivity index (χ4n) is 1.57. The van der Waals surface area contributed by atoms with Crippen LogP contribution < -0.4 is 10.6 Å². The van der Waals surface area contributed by atoms with Gasteiger partial charge in [0.15, 0.2) is 0 Å². The minimum Gasteiger partial charge on any atom is -0.481 e. The maximum Gasteiger partial charge on any atom is 0.303 e. The highest BCUT2D eigenvalue weighted by Crippen LogP contribution is 2.07. The summed E-state index contributed by atoms with van der Waals surface area (Å²) in [7, 11) is 0. The van der Waals surface area contributed by atoms with Crippen LogP contribution in [0.15, 0.2) is 0 Å². The van der Waals surface area contributed by atoms with Crippen molar-refractivity contribution in [1.29, 1.82) is 0 Å². The molecule has 6 heteroatoms. The molecule has 0 aromatic heterocycles. The van der Waals surface area contributed by atoms with Crippen molar-refractivity contribution < 1.29 is 19.5 Å². The number of carbonyl (C=O) groups is 3. The minimum atomic E-state index is -0.879. The fourth-order valence-corrected chi connectivity index (χ4v) is 1.57. The van der Waals surface area contributed by atoms with E-state index in [9.17, 15) is 14.4 Å². The normalized spacial score (nSPS) is 21.3. The maximum atomic E-state index is 11.6. The third kappa shape index (κ3) is 3.88. The number of hydrogen-bond acceptors (Lipinski definition) is 3. The van der Waals surface area contributed by atoms with Crippen LogP contribution in [0.3, 0.4) is 0 Å². The lowest BCUT2D eigenvalue weighted by Crippen LogP contribution is -2.45. The Morgan fingerprint density at radius 1 is 1.62 bits per heavy atom. The Balaban J connectivity index is 2.28. The quantitative estimate of drug-likeness (QED) is 0.598. The van der Waals surface area contributed by atoms with Crippen molar-refractivity contribution in [2.45, 2.75) is 44.7 Å². The number of nitrogens with one attached hydrogen (secondary N) is 2. The smallest absolute Gasteiger partial charge is 0.303 e. The van der Waals surface area contributed by atoms with E-state index in [0.29, 0.717) is 19.3 Å². The topological polar surface area (TPSA) is 95.5 Å². The summed E-state index contributed by atoms with van der Waals surface area (Å²) < 4.78 is 0. The van der Waals surface area contributed by atoms with Crippen molar-refractivity contribution in [1.82, 2.24) is 10.6 Å². The molecule has 1 aliphatic heterocycles. The van der Waals surface area contributed by atoms with Gasteiger partial charge in [0.25, 0.3) is 0 Å². The van der Waals surface area contributed by atoms with Gasteiger partial charge in [0.05, 0.1) is 0 Å². The van der Waals surface area contributed by atoms with Gasteiger partial charge in [-0.2, -0.15) is 0 Å². The Hall–Kier alpha value is -1.59. The van der Waals surface area contributed by atoms with E-state index in [1.165, 1.54) is 0 Å². The van der Waals surface area contributed by atoms with Crippen molar-refractivity contribution in [3.8, 4) is 0 Å². The number of rotatable bonds is 5. The van der Waals surface area contributed by atoms with Crippen LogP contribution in [0.25, 0.3) is 0 Å². The molecule has 3 N–H and O–H groups in total. The molecule has 0 saturated carbocycles. The molecule has 90 valence electrons. The predicted molar refractivity (Wildman–Crippen MR) is 55.6 cm³/mol. The van der Waals surface area contributed by atoms with E-state index >= 15 is 0 Å². The highest BCUT2D eigenvalue weighted by molar-refractivity contribution is 5.90. The van der Waals surface area contributed by atoms with Gasteiger partial charge >= 0.3 is 5.97 Å².